The van der Waals surface area contributed by atoms with Gasteiger partial charge in [0.15, 0.2) is 0 Å². The Morgan fingerprint density at radius 3 is 2.46 bits per heavy atom. The van der Waals surface area contributed by atoms with Crippen molar-refractivity contribution in [1.29, 1.82) is 0 Å². The Kier molecular flexibility index (Phi) is 6.95. The molecule has 1 atom stereocenters. The maximum atomic E-state index is 12.2. The van der Waals surface area contributed by atoms with Crippen molar-refractivity contribution in [2.24, 2.45) is 5.41 Å². The first-order chi connectivity index (χ1) is 11.1. The van der Waals surface area contributed by atoms with Crippen molar-refractivity contribution in [2.45, 2.75) is 53.0 Å². The second kappa shape index (κ2) is 8.47. The topological polar surface area (TPSA) is 95.5 Å². The summed E-state index contributed by atoms with van der Waals surface area (Å²) in [7, 11) is 0. The molecular weight excluding hydrogens is 308 g/mol. The summed E-state index contributed by atoms with van der Waals surface area (Å²) in [5.41, 5.74) is 1.28. The van der Waals surface area contributed by atoms with Gasteiger partial charge in [-0.1, -0.05) is 32.9 Å². The minimum atomic E-state index is -0.861. The highest BCUT2D eigenvalue weighted by Gasteiger charge is 2.20. The number of nitrogens with one attached hydrogen (secondary N) is 2. The van der Waals surface area contributed by atoms with Crippen molar-refractivity contribution in [3.8, 4) is 0 Å². The van der Waals surface area contributed by atoms with Gasteiger partial charge in [-0.05, 0) is 36.5 Å². The molecule has 0 bridgehead atoms. The van der Waals surface area contributed by atoms with E-state index in [1.165, 1.54) is 0 Å². The van der Waals surface area contributed by atoms with Crippen LogP contribution in [0.15, 0.2) is 24.3 Å². The molecule has 6 nitrogen and oxygen atoms in total. The summed E-state index contributed by atoms with van der Waals surface area (Å²) in [5, 5.41) is 14.1. The minimum Gasteiger partial charge on any atom is -0.481 e. The van der Waals surface area contributed by atoms with E-state index in [4.69, 9.17) is 5.11 Å². The summed E-state index contributed by atoms with van der Waals surface area (Å²) in [6, 6.07) is 6.39. The van der Waals surface area contributed by atoms with Gasteiger partial charge in [0.05, 0.1) is 0 Å². The minimum absolute atomic E-state index is 0.0384. The van der Waals surface area contributed by atoms with Crippen LogP contribution >= 0.6 is 0 Å². The molecule has 0 saturated heterocycles. The molecular formula is C18H26N2O4. The Balaban J connectivity index is 2.59. The molecule has 0 aliphatic carbocycles. The normalized spacial score (nSPS) is 12.3. The SMILES string of the molecule is CC(NC(=O)CC(C)(C)C)C(=O)Nc1cccc(CCC(=O)O)c1. The first-order valence-corrected chi connectivity index (χ1v) is 7.98. The maximum absolute atomic E-state index is 12.2. The monoisotopic (exact) mass is 334 g/mol. The van der Waals surface area contributed by atoms with E-state index in [1.54, 1.807) is 25.1 Å². The van der Waals surface area contributed by atoms with E-state index in [0.29, 0.717) is 18.5 Å². The molecule has 0 aromatic heterocycles. The number of anilines is 1. The fraction of sp³-hybridized carbons (Fsp3) is 0.500. The van der Waals surface area contributed by atoms with E-state index in [9.17, 15) is 14.4 Å². The van der Waals surface area contributed by atoms with Crippen molar-refractivity contribution < 1.29 is 19.5 Å². The van der Waals surface area contributed by atoms with Crippen LogP contribution in [0.2, 0.25) is 0 Å². The smallest absolute Gasteiger partial charge is 0.303 e. The predicted octanol–water partition coefficient (Wildman–Crippen LogP) is 2.58. The highest BCUT2D eigenvalue weighted by Crippen LogP contribution is 2.18. The van der Waals surface area contributed by atoms with Crippen molar-refractivity contribution in [3.63, 3.8) is 0 Å². The number of carboxylic acid groups (broad SMARTS) is 1. The van der Waals surface area contributed by atoms with E-state index in [1.807, 2.05) is 26.8 Å². The van der Waals surface area contributed by atoms with Crippen LogP contribution in [0.25, 0.3) is 0 Å². The van der Waals surface area contributed by atoms with Gasteiger partial charge in [0.25, 0.3) is 0 Å². The molecule has 0 aliphatic rings. The van der Waals surface area contributed by atoms with E-state index in [2.05, 4.69) is 10.6 Å². The van der Waals surface area contributed by atoms with Crippen LogP contribution in [0.1, 0.15) is 46.1 Å². The number of carbonyl (C=O) groups excluding carboxylic acids is 2. The number of hydrogen-bond donors (Lipinski definition) is 3. The average Bonchev–Trinajstić information content (AvgIpc) is 2.43. The highest BCUT2D eigenvalue weighted by atomic mass is 16.4. The summed E-state index contributed by atoms with van der Waals surface area (Å²) in [6.07, 6.45) is 0.781. The van der Waals surface area contributed by atoms with Gasteiger partial charge in [0.1, 0.15) is 6.04 Å². The Labute approximate surface area is 142 Å². The highest BCUT2D eigenvalue weighted by molar-refractivity contribution is 5.97. The van der Waals surface area contributed by atoms with Crippen LogP contribution in [0.5, 0.6) is 0 Å². The molecule has 1 unspecified atom stereocenters. The predicted molar refractivity (Wildman–Crippen MR) is 92.7 cm³/mol. The van der Waals surface area contributed by atoms with Crippen LogP contribution in [0.4, 0.5) is 5.69 Å². The molecule has 0 fully saturated rings. The van der Waals surface area contributed by atoms with Crippen LogP contribution in [-0.4, -0.2) is 28.9 Å². The Morgan fingerprint density at radius 1 is 1.21 bits per heavy atom. The van der Waals surface area contributed by atoms with Crippen molar-refractivity contribution in [2.75, 3.05) is 5.32 Å². The molecule has 0 heterocycles. The van der Waals surface area contributed by atoms with Crippen molar-refractivity contribution in [1.82, 2.24) is 5.32 Å². The molecule has 1 aromatic carbocycles. The van der Waals surface area contributed by atoms with E-state index < -0.39 is 12.0 Å². The summed E-state index contributed by atoms with van der Waals surface area (Å²) in [4.78, 5) is 34.7. The van der Waals surface area contributed by atoms with Gasteiger partial charge in [-0.15, -0.1) is 0 Å². The zero-order valence-corrected chi connectivity index (χ0v) is 14.7. The Hall–Kier alpha value is -2.37. The zero-order chi connectivity index (χ0) is 18.3. The van der Waals surface area contributed by atoms with Gasteiger partial charge in [-0.2, -0.15) is 0 Å². The lowest BCUT2D eigenvalue weighted by molar-refractivity contribution is -0.137. The van der Waals surface area contributed by atoms with Crippen molar-refractivity contribution in [3.05, 3.63) is 29.8 Å². The molecule has 6 heteroatoms. The molecule has 0 aliphatic heterocycles. The Bertz CT molecular complexity index is 605. The first kappa shape index (κ1) is 19.7. The van der Waals surface area contributed by atoms with E-state index in [0.717, 1.165) is 5.56 Å². The van der Waals surface area contributed by atoms with Crippen LogP contribution in [0, 0.1) is 5.41 Å². The fourth-order valence-corrected chi connectivity index (χ4v) is 2.15. The molecule has 2 amide bonds. The maximum Gasteiger partial charge on any atom is 0.303 e. The van der Waals surface area contributed by atoms with E-state index in [-0.39, 0.29) is 23.7 Å². The summed E-state index contributed by atoms with van der Waals surface area (Å²) < 4.78 is 0. The second-order valence-electron chi connectivity index (χ2n) is 7.11. The van der Waals surface area contributed by atoms with Gasteiger partial charge in [-0.3, -0.25) is 14.4 Å². The Morgan fingerprint density at radius 2 is 1.88 bits per heavy atom. The number of aliphatic carboxylic acids is 1. The third-order valence-corrected chi connectivity index (χ3v) is 3.28. The van der Waals surface area contributed by atoms with Gasteiger partial charge >= 0.3 is 5.97 Å². The van der Waals surface area contributed by atoms with Gasteiger partial charge in [0.2, 0.25) is 11.8 Å². The van der Waals surface area contributed by atoms with Crippen LogP contribution in [-0.2, 0) is 20.8 Å². The zero-order valence-electron chi connectivity index (χ0n) is 14.7. The molecule has 1 aromatic rings. The lowest BCUT2D eigenvalue weighted by atomic mass is 9.92. The summed E-state index contributed by atoms with van der Waals surface area (Å²) >= 11 is 0. The second-order valence-corrected chi connectivity index (χ2v) is 7.11. The molecule has 0 spiro atoms. The van der Waals surface area contributed by atoms with Gasteiger partial charge in [-0.25, -0.2) is 0 Å². The third-order valence-electron chi connectivity index (χ3n) is 3.28. The number of benzene rings is 1. The van der Waals surface area contributed by atoms with Gasteiger partial charge < -0.3 is 15.7 Å². The third kappa shape index (κ3) is 7.76. The first-order valence-electron chi connectivity index (χ1n) is 7.98. The summed E-state index contributed by atoms with van der Waals surface area (Å²) in [6.45, 7) is 7.50. The number of hydrogen-bond acceptors (Lipinski definition) is 3. The lowest BCUT2D eigenvalue weighted by Crippen LogP contribution is -2.42. The average molecular weight is 334 g/mol. The number of carboxylic acids is 1. The molecule has 1 rings (SSSR count). The number of carbonyl (C=O) groups is 3. The number of rotatable bonds is 7. The molecule has 0 radical (unpaired) electrons. The lowest BCUT2D eigenvalue weighted by Gasteiger charge is -2.20. The molecule has 132 valence electrons. The largest absolute Gasteiger partial charge is 0.481 e. The molecule has 3 N–H and O–H groups in total. The molecule has 24 heavy (non-hydrogen) atoms. The van der Waals surface area contributed by atoms with Crippen molar-refractivity contribution >= 4 is 23.5 Å². The summed E-state index contributed by atoms with van der Waals surface area (Å²) in [5.74, 6) is -1.34. The standard InChI is InChI=1S/C18H26N2O4/c1-12(19-15(21)11-18(2,3)4)17(24)20-14-7-5-6-13(10-14)8-9-16(22)23/h5-7,10,12H,8-9,11H2,1-4H3,(H,19,21)(H,20,24)(H,22,23). The van der Waals surface area contributed by atoms with E-state index >= 15 is 0 Å². The number of aryl methyl sites for hydroxylation is 1. The number of amides is 2. The molecule has 0 saturated carbocycles. The van der Waals surface area contributed by atoms with Crippen LogP contribution < -0.4 is 10.6 Å². The van der Waals surface area contributed by atoms with Crippen LogP contribution in [0.3, 0.4) is 0 Å². The fourth-order valence-electron chi connectivity index (χ4n) is 2.15. The quantitative estimate of drug-likeness (QED) is 0.714. The van der Waals surface area contributed by atoms with Gasteiger partial charge in [0, 0.05) is 18.5 Å².